The van der Waals surface area contributed by atoms with Gasteiger partial charge in [0.25, 0.3) is 0 Å². The van der Waals surface area contributed by atoms with Gasteiger partial charge >= 0.3 is 0 Å². The predicted molar refractivity (Wildman–Crippen MR) is 199 cm³/mol. The Morgan fingerprint density at radius 2 is 1.75 bits per heavy atom. The number of hydrogen-bond donors (Lipinski definition) is 3. The first-order valence-electron chi connectivity index (χ1n) is 20.6. The highest BCUT2D eigenvalue weighted by atomic mass is 16.6. The Kier molecular flexibility index (Phi) is 13.8. The molecule has 0 spiro atoms. The Bertz CT molecular complexity index is 1220. The lowest BCUT2D eigenvalue weighted by molar-refractivity contribution is -0.213. The van der Waals surface area contributed by atoms with Crippen LogP contribution in [0.3, 0.4) is 0 Å². The molecule has 0 aromatic heterocycles. The van der Waals surface area contributed by atoms with E-state index in [-0.39, 0.29) is 85.0 Å². The van der Waals surface area contributed by atoms with Crippen LogP contribution in [-0.2, 0) is 33.2 Å². The van der Waals surface area contributed by atoms with Crippen LogP contribution in [0.4, 0.5) is 0 Å². The molecule has 6 rings (SSSR count). The van der Waals surface area contributed by atoms with Crippen molar-refractivity contribution in [3.63, 3.8) is 0 Å². The molecule has 0 radical (unpaired) electrons. The second-order valence-electron chi connectivity index (χ2n) is 17.7. The molecule has 0 bridgehead atoms. The van der Waals surface area contributed by atoms with Crippen LogP contribution in [-0.4, -0.2) is 108 Å². The fraction of sp³-hybridized carbons (Fsp3) is 0.881. The normalized spacial score (nSPS) is 44.6. The average molecular weight is 732 g/mol. The third kappa shape index (κ3) is 9.96. The third-order valence-electron chi connectivity index (χ3n) is 13.5. The maximum Gasteiger partial charge on any atom is 0.135 e. The monoisotopic (exact) mass is 731 g/mol. The van der Waals surface area contributed by atoms with Crippen molar-refractivity contribution in [1.29, 1.82) is 0 Å². The van der Waals surface area contributed by atoms with Crippen LogP contribution in [0.2, 0.25) is 0 Å². The van der Waals surface area contributed by atoms with Crippen LogP contribution in [0.25, 0.3) is 0 Å². The maximum absolute atomic E-state index is 13.4. The summed E-state index contributed by atoms with van der Waals surface area (Å²) in [5.74, 6) is 1.30. The Labute approximate surface area is 312 Å². The quantitative estimate of drug-likeness (QED) is 0.183. The lowest BCUT2D eigenvalue weighted by atomic mass is 9.72. The van der Waals surface area contributed by atoms with Crippen molar-refractivity contribution < 1.29 is 43.4 Å². The fourth-order valence-corrected chi connectivity index (χ4v) is 10.3. The summed E-state index contributed by atoms with van der Waals surface area (Å²) in [7, 11) is 0. The minimum atomic E-state index is -0.573. The summed E-state index contributed by atoms with van der Waals surface area (Å²) in [6.07, 6.45) is 9.77. The minimum Gasteiger partial charge on any atom is -0.392 e. The number of aliphatic hydroxyl groups is 2. The second-order valence-corrected chi connectivity index (χ2v) is 17.7. The topological polar surface area (TPSA) is 139 Å². The highest BCUT2D eigenvalue weighted by Gasteiger charge is 2.50. The molecule has 0 aromatic carbocycles. The molecule has 6 heterocycles. The molecule has 3 unspecified atom stereocenters. The van der Waals surface area contributed by atoms with Crippen molar-refractivity contribution in [3.05, 3.63) is 24.3 Å². The van der Waals surface area contributed by atoms with Crippen molar-refractivity contribution in [3.8, 4) is 0 Å². The number of rotatable bonds is 15. The third-order valence-corrected chi connectivity index (χ3v) is 13.5. The van der Waals surface area contributed by atoms with Gasteiger partial charge in [-0.05, 0) is 113 Å². The molecule has 296 valence electrons. The van der Waals surface area contributed by atoms with Gasteiger partial charge in [0.1, 0.15) is 5.78 Å². The zero-order valence-corrected chi connectivity index (χ0v) is 32.4. The zero-order valence-electron chi connectivity index (χ0n) is 32.4. The van der Waals surface area contributed by atoms with Crippen LogP contribution in [0.1, 0.15) is 118 Å². The second kappa shape index (κ2) is 17.7. The van der Waals surface area contributed by atoms with Crippen molar-refractivity contribution in [2.24, 2.45) is 29.4 Å². The molecule has 0 aromatic rings. The van der Waals surface area contributed by atoms with Gasteiger partial charge in [-0.3, -0.25) is 4.79 Å². The Morgan fingerprint density at radius 1 is 0.942 bits per heavy atom. The van der Waals surface area contributed by atoms with Crippen molar-refractivity contribution in [1.82, 2.24) is 0 Å². The van der Waals surface area contributed by atoms with Crippen molar-refractivity contribution in [2.45, 2.75) is 190 Å². The van der Waals surface area contributed by atoms with Gasteiger partial charge in [-0.2, -0.15) is 0 Å². The lowest BCUT2D eigenvalue weighted by Crippen LogP contribution is -2.53. The summed E-state index contributed by atoms with van der Waals surface area (Å²) in [4.78, 5) is 13.4. The van der Waals surface area contributed by atoms with Gasteiger partial charge < -0.3 is 44.4 Å². The van der Waals surface area contributed by atoms with Crippen LogP contribution in [0.15, 0.2) is 24.3 Å². The van der Waals surface area contributed by atoms with E-state index in [0.717, 1.165) is 64.2 Å². The summed E-state index contributed by atoms with van der Waals surface area (Å²) in [6, 6.07) is 0. The van der Waals surface area contributed by atoms with Crippen molar-refractivity contribution in [2.75, 3.05) is 19.8 Å². The number of ketones is 1. The molecule has 6 aliphatic heterocycles. The van der Waals surface area contributed by atoms with Gasteiger partial charge in [-0.1, -0.05) is 27.0 Å². The van der Waals surface area contributed by atoms with Gasteiger partial charge in [-0.15, -0.1) is 0 Å². The zero-order chi connectivity index (χ0) is 37.2. The number of carbonyl (C=O) groups is 1. The predicted octanol–water partition coefficient (Wildman–Crippen LogP) is 5.59. The summed E-state index contributed by atoms with van der Waals surface area (Å²) in [6.45, 7) is 18.5. The number of fused-ring (bicyclic) bond motifs is 1. The maximum atomic E-state index is 13.4. The molecule has 10 nitrogen and oxygen atoms in total. The van der Waals surface area contributed by atoms with Gasteiger partial charge in [0.15, 0.2) is 0 Å². The van der Waals surface area contributed by atoms with E-state index in [1.54, 1.807) is 0 Å². The van der Waals surface area contributed by atoms with Gasteiger partial charge in [0, 0.05) is 38.8 Å². The number of Topliss-reactive ketones (excluding diaryl/α,β-unsaturated/α-hetero) is 1. The SMILES string of the molecule is C=C1C[C@H](CC[C@]2(C[C@@H]3C(C)CO[C@H]4CC[C@H](CC(=O)C[C@@H]5C[C@@H](C[C@H](O)CN)O[C@H]5C)OC34)CC(O)CO2)O[C@H]1CC[C@H]1C[C@@H](C)C(=C)[C@@H](C)O1. The molecule has 10 heteroatoms. The molecular formula is C42H69NO9. The number of nitrogens with two attached hydrogens (primary N) is 1. The lowest BCUT2D eigenvalue weighted by Gasteiger charge is -2.48. The average Bonchev–Trinajstić information content (AvgIpc) is 3.77. The molecule has 0 aliphatic carbocycles. The highest BCUT2D eigenvalue weighted by Crippen LogP contribution is 2.46. The van der Waals surface area contributed by atoms with Crippen molar-refractivity contribution >= 4 is 5.78 Å². The minimum absolute atomic E-state index is 0.00773. The molecule has 6 aliphatic rings. The first-order valence-corrected chi connectivity index (χ1v) is 20.6. The molecule has 4 N–H and O–H groups in total. The van der Waals surface area contributed by atoms with E-state index in [0.29, 0.717) is 44.8 Å². The fourth-order valence-electron chi connectivity index (χ4n) is 10.3. The van der Waals surface area contributed by atoms with E-state index in [1.807, 2.05) is 6.92 Å². The molecule has 0 saturated carbocycles. The van der Waals surface area contributed by atoms with Gasteiger partial charge in [0.2, 0.25) is 0 Å². The highest BCUT2D eigenvalue weighted by molar-refractivity contribution is 5.79. The standard InChI is InChI=1S/C42H69NO9/c1-24-13-34(49-28(5)27(24)4)7-9-39-25(2)14-36(51-39)11-12-42(19-33(46)23-48-42)20-38-26(3)22-47-40-10-8-35(52-41(38)40)17-31(44)15-30-16-37(50-29(30)6)18-32(45)21-43/h24,26,28-30,32-41,45-46H,2,4,7-23,43H2,1,3,5-6H3/t24-,26?,28-,29+,30-,32+,33?,34+,35-,36+,37+,38-,39+,40+,41?,42-/m1/s1. The van der Waals surface area contributed by atoms with E-state index in [2.05, 4.69) is 33.9 Å². The summed E-state index contributed by atoms with van der Waals surface area (Å²) in [5, 5.41) is 20.7. The van der Waals surface area contributed by atoms with E-state index < -0.39 is 17.8 Å². The largest absolute Gasteiger partial charge is 0.392 e. The molecular weight excluding hydrogens is 662 g/mol. The summed E-state index contributed by atoms with van der Waals surface area (Å²) >= 11 is 0. The summed E-state index contributed by atoms with van der Waals surface area (Å²) < 4.78 is 38.6. The Hall–Kier alpha value is -1.21. The van der Waals surface area contributed by atoms with Crippen LogP contribution in [0.5, 0.6) is 0 Å². The van der Waals surface area contributed by atoms with E-state index in [4.69, 9.17) is 34.2 Å². The van der Waals surface area contributed by atoms with Gasteiger partial charge in [0.05, 0.1) is 79.4 Å². The van der Waals surface area contributed by atoms with E-state index >= 15 is 0 Å². The van der Waals surface area contributed by atoms with E-state index in [9.17, 15) is 15.0 Å². The molecule has 0 amide bonds. The molecule has 6 fully saturated rings. The molecule has 16 atom stereocenters. The number of carbonyl (C=O) groups excluding carboxylic acids is 1. The number of ether oxygens (including phenoxy) is 6. The number of hydrogen-bond acceptors (Lipinski definition) is 10. The van der Waals surface area contributed by atoms with Gasteiger partial charge in [-0.25, -0.2) is 0 Å². The molecule has 52 heavy (non-hydrogen) atoms. The smallest absolute Gasteiger partial charge is 0.135 e. The molecule has 6 saturated heterocycles. The van der Waals surface area contributed by atoms with Crippen LogP contribution < -0.4 is 5.73 Å². The summed E-state index contributed by atoms with van der Waals surface area (Å²) in [5.41, 5.74) is 7.51. The van der Waals surface area contributed by atoms with E-state index in [1.165, 1.54) is 11.1 Å². The first-order chi connectivity index (χ1) is 24.8. The van der Waals surface area contributed by atoms with Crippen LogP contribution >= 0.6 is 0 Å². The first kappa shape index (κ1) is 40.5. The van der Waals surface area contributed by atoms with Crippen LogP contribution in [0, 0.1) is 23.7 Å². The Morgan fingerprint density at radius 3 is 2.48 bits per heavy atom. The Balaban J connectivity index is 1.01. The number of aliphatic hydroxyl groups excluding tert-OH is 2.